The second-order valence-electron chi connectivity index (χ2n) is 3.40. The van der Waals surface area contributed by atoms with E-state index in [1.54, 1.807) is 6.92 Å². The first-order chi connectivity index (χ1) is 7.99. The smallest absolute Gasteiger partial charge is 0.328 e. The lowest BCUT2D eigenvalue weighted by Gasteiger charge is -2.25. The van der Waals surface area contributed by atoms with Gasteiger partial charge in [0.25, 0.3) is 5.91 Å². The SMILES string of the molecule is C#CCNC(=C)C(=O)N(C)C(CC)C(=O)OC. The molecule has 1 amide bonds. The van der Waals surface area contributed by atoms with Crippen molar-refractivity contribution in [3.8, 4) is 12.3 Å². The van der Waals surface area contributed by atoms with Crippen LogP contribution in [0.2, 0.25) is 0 Å². The summed E-state index contributed by atoms with van der Waals surface area (Å²) in [6.45, 7) is 5.58. The number of nitrogens with zero attached hydrogens (tertiary/aromatic N) is 1. The standard InChI is InChI=1S/C12H18N2O3/c1-6-8-13-9(3)11(15)14(4)10(7-2)12(16)17-5/h1,10,13H,3,7-8H2,2,4-5H3. The molecule has 0 aliphatic heterocycles. The largest absolute Gasteiger partial charge is 0.467 e. The van der Waals surface area contributed by atoms with Crippen LogP contribution in [0.3, 0.4) is 0 Å². The molecule has 1 N–H and O–H groups in total. The van der Waals surface area contributed by atoms with Crippen LogP contribution in [0.15, 0.2) is 12.3 Å². The number of hydrogen-bond donors (Lipinski definition) is 1. The van der Waals surface area contributed by atoms with Gasteiger partial charge in [0.1, 0.15) is 6.04 Å². The molecule has 1 atom stereocenters. The van der Waals surface area contributed by atoms with Gasteiger partial charge in [0, 0.05) is 7.05 Å². The van der Waals surface area contributed by atoms with E-state index in [1.165, 1.54) is 19.1 Å². The molecule has 94 valence electrons. The number of likely N-dealkylation sites (N-methyl/N-ethyl adjacent to an activating group) is 1. The molecule has 17 heavy (non-hydrogen) atoms. The molecule has 0 spiro atoms. The van der Waals surface area contributed by atoms with Gasteiger partial charge in [-0.05, 0) is 6.42 Å². The van der Waals surface area contributed by atoms with Gasteiger partial charge in [-0.25, -0.2) is 4.79 Å². The fourth-order valence-electron chi connectivity index (χ4n) is 1.32. The highest BCUT2D eigenvalue weighted by atomic mass is 16.5. The number of methoxy groups -OCH3 is 1. The van der Waals surface area contributed by atoms with E-state index in [2.05, 4.69) is 22.6 Å². The zero-order valence-electron chi connectivity index (χ0n) is 10.4. The van der Waals surface area contributed by atoms with Crippen LogP contribution in [-0.4, -0.2) is 43.5 Å². The number of amides is 1. The minimum Gasteiger partial charge on any atom is -0.467 e. The monoisotopic (exact) mass is 238 g/mol. The molecular formula is C12H18N2O3. The lowest BCUT2D eigenvalue weighted by atomic mass is 10.2. The topological polar surface area (TPSA) is 58.6 Å². The number of ether oxygens (including phenoxy) is 1. The fraction of sp³-hybridized carbons (Fsp3) is 0.500. The van der Waals surface area contributed by atoms with Crippen molar-refractivity contribution in [2.24, 2.45) is 0 Å². The van der Waals surface area contributed by atoms with Crippen molar-refractivity contribution >= 4 is 11.9 Å². The Bertz CT molecular complexity index is 344. The number of esters is 1. The highest BCUT2D eigenvalue weighted by molar-refractivity contribution is 5.95. The van der Waals surface area contributed by atoms with Crippen molar-refractivity contribution in [1.82, 2.24) is 10.2 Å². The van der Waals surface area contributed by atoms with Crippen LogP contribution < -0.4 is 5.32 Å². The van der Waals surface area contributed by atoms with E-state index in [9.17, 15) is 9.59 Å². The summed E-state index contributed by atoms with van der Waals surface area (Å²) in [5, 5.41) is 2.67. The first-order valence-corrected chi connectivity index (χ1v) is 5.20. The van der Waals surface area contributed by atoms with Crippen molar-refractivity contribution < 1.29 is 14.3 Å². The predicted molar refractivity (Wildman–Crippen MR) is 64.8 cm³/mol. The van der Waals surface area contributed by atoms with E-state index < -0.39 is 12.0 Å². The van der Waals surface area contributed by atoms with Gasteiger partial charge < -0.3 is 15.0 Å². The number of rotatable bonds is 6. The molecule has 0 aliphatic rings. The summed E-state index contributed by atoms with van der Waals surface area (Å²) in [7, 11) is 2.81. The molecule has 0 heterocycles. The molecule has 0 fully saturated rings. The van der Waals surface area contributed by atoms with Gasteiger partial charge in [0.2, 0.25) is 0 Å². The van der Waals surface area contributed by atoms with Gasteiger partial charge in [-0.15, -0.1) is 6.42 Å². The molecule has 0 aromatic rings. The molecule has 0 aliphatic carbocycles. The highest BCUT2D eigenvalue weighted by Crippen LogP contribution is 2.06. The van der Waals surface area contributed by atoms with Crippen LogP contribution in [0.4, 0.5) is 0 Å². The van der Waals surface area contributed by atoms with Crippen molar-refractivity contribution in [1.29, 1.82) is 0 Å². The third-order valence-corrected chi connectivity index (χ3v) is 2.31. The van der Waals surface area contributed by atoms with Crippen LogP contribution in [0.1, 0.15) is 13.3 Å². The van der Waals surface area contributed by atoms with Crippen LogP contribution >= 0.6 is 0 Å². The van der Waals surface area contributed by atoms with E-state index >= 15 is 0 Å². The number of terminal acetylenes is 1. The maximum Gasteiger partial charge on any atom is 0.328 e. The summed E-state index contributed by atoms with van der Waals surface area (Å²) >= 11 is 0. The molecule has 0 aromatic carbocycles. The predicted octanol–water partition coefficient (Wildman–Crippen LogP) is 0.133. The van der Waals surface area contributed by atoms with Gasteiger partial charge >= 0.3 is 5.97 Å². The normalized spacial score (nSPS) is 10.9. The van der Waals surface area contributed by atoms with Crippen molar-refractivity contribution in [3.63, 3.8) is 0 Å². The molecule has 0 radical (unpaired) electrons. The lowest BCUT2D eigenvalue weighted by Crippen LogP contribution is -2.44. The van der Waals surface area contributed by atoms with Crippen LogP contribution in [0, 0.1) is 12.3 Å². The van der Waals surface area contributed by atoms with Gasteiger partial charge in [-0.1, -0.05) is 19.4 Å². The first-order valence-electron chi connectivity index (χ1n) is 5.20. The van der Waals surface area contributed by atoms with Gasteiger partial charge in [0.05, 0.1) is 19.4 Å². The Hall–Kier alpha value is -1.96. The second kappa shape index (κ2) is 7.34. The van der Waals surface area contributed by atoms with Crippen molar-refractivity contribution in [3.05, 3.63) is 12.3 Å². The van der Waals surface area contributed by atoms with E-state index in [1.807, 2.05) is 0 Å². The Kier molecular flexibility index (Phi) is 6.49. The van der Waals surface area contributed by atoms with Crippen molar-refractivity contribution in [2.45, 2.75) is 19.4 Å². The Morgan fingerprint density at radius 3 is 2.59 bits per heavy atom. The van der Waals surface area contributed by atoms with Crippen LogP contribution in [-0.2, 0) is 14.3 Å². The van der Waals surface area contributed by atoms with Crippen LogP contribution in [0.5, 0.6) is 0 Å². The number of carbonyl (C=O) groups excluding carboxylic acids is 2. The molecule has 5 nitrogen and oxygen atoms in total. The zero-order valence-corrected chi connectivity index (χ0v) is 10.4. The maximum absolute atomic E-state index is 11.9. The van der Waals surface area contributed by atoms with E-state index in [0.29, 0.717) is 6.42 Å². The summed E-state index contributed by atoms with van der Waals surface area (Å²) in [5.74, 6) is 1.51. The Morgan fingerprint density at radius 2 is 2.18 bits per heavy atom. The average molecular weight is 238 g/mol. The molecule has 0 aromatic heterocycles. The second-order valence-corrected chi connectivity index (χ2v) is 3.40. The summed E-state index contributed by atoms with van der Waals surface area (Å²) in [6, 6.07) is -0.614. The van der Waals surface area contributed by atoms with E-state index in [0.717, 1.165) is 0 Å². The maximum atomic E-state index is 11.9. The minimum absolute atomic E-state index is 0.160. The Labute approximate surface area is 102 Å². The molecule has 5 heteroatoms. The number of carbonyl (C=O) groups is 2. The third kappa shape index (κ3) is 4.19. The van der Waals surface area contributed by atoms with Gasteiger partial charge in [0.15, 0.2) is 0 Å². The first kappa shape index (κ1) is 15.0. The zero-order chi connectivity index (χ0) is 13.4. The van der Waals surface area contributed by atoms with E-state index in [4.69, 9.17) is 6.42 Å². The fourth-order valence-corrected chi connectivity index (χ4v) is 1.32. The summed E-state index contributed by atoms with van der Waals surface area (Å²) in [6.07, 6.45) is 5.53. The molecule has 0 rings (SSSR count). The minimum atomic E-state index is -0.614. The molecule has 0 saturated carbocycles. The van der Waals surface area contributed by atoms with Crippen molar-refractivity contribution in [2.75, 3.05) is 20.7 Å². The Morgan fingerprint density at radius 1 is 1.59 bits per heavy atom. The summed E-state index contributed by atoms with van der Waals surface area (Å²) < 4.78 is 4.62. The Balaban J connectivity index is 4.62. The van der Waals surface area contributed by atoms with Gasteiger partial charge in [-0.2, -0.15) is 0 Å². The van der Waals surface area contributed by atoms with Gasteiger partial charge in [-0.3, -0.25) is 4.79 Å². The molecule has 0 saturated heterocycles. The lowest BCUT2D eigenvalue weighted by molar-refractivity contribution is -0.150. The summed E-state index contributed by atoms with van der Waals surface area (Å²) in [5.41, 5.74) is 0.160. The molecular weight excluding hydrogens is 220 g/mol. The summed E-state index contributed by atoms with van der Waals surface area (Å²) in [4.78, 5) is 24.6. The number of hydrogen-bond acceptors (Lipinski definition) is 4. The quantitative estimate of drug-likeness (QED) is 0.406. The van der Waals surface area contributed by atoms with E-state index in [-0.39, 0.29) is 18.1 Å². The molecule has 1 unspecified atom stereocenters. The average Bonchev–Trinajstić information content (AvgIpc) is 2.35. The van der Waals surface area contributed by atoms with Crippen LogP contribution in [0.25, 0.3) is 0 Å². The third-order valence-electron chi connectivity index (χ3n) is 2.31. The highest BCUT2D eigenvalue weighted by Gasteiger charge is 2.26. The molecule has 0 bridgehead atoms. The number of nitrogens with one attached hydrogen (secondary N) is 1.